The minimum atomic E-state index is -0.160. The topological polar surface area (TPSA) is 55.6 Å². The maximum atomic E-state index is 13.1. The van der Waals surface area contributed by atoms with Crippen molar-refractivity contribution in [3.63, 3.8) is 0 Å². The Balaban J connectivity index is 1.87. The number of furan rings is 1. The van der Waals surface area contributed by atoms with Crippen molar-refractivity contribution < 1.29 is 13.9 Å². The summed E-state index contributed by atoms with van der Waals surface area (Å²) in [7, 11) is 0. The standard InChI is InChI=1S/C20H19BrN2O3/c1-14(2)25-16-8-6-15(7-9-16)20(24)23(19-5-3-4-12-22-19)13-17-10-11-18(21)26-17/h3-12,14H,13H2,1-2H3. The predicted octanol–water partition coefficient (Wildman–Crippen LogP) is 5.07. The van der Waals surface area contributed by atoms with Crippen LogP contribution in [-0.2, 0) is 6.54 Å². The van der Waals surface area contributed by atoms with Crippen molar-refractivity contribution in [1.29, 1.82) is 0 Å². The second-order valence-electron chi connectivity index (χ2n) is 5.98. The molecule has 6 heteroatoms. The number of rotatable bonds is 6. The second-order valence-corrected chi connectivity index (χ2v) is 6.76. The van der Waals surface area contributed by atoms with Crippen molar-refractivity contribution in [2.24, 2.45) is 0 Å². The molecule has 0 aliphatic rings. The summed E-state index contributed by atoms with van der Waals surface area (Å²) in [6.07, 6.45) is 1.74. The first-order valence-electron chi connectivity index (χ1n) is 8.27. The Labute approximate surface area is 160 Å². The molecular formula is C20H19BrN2O3. The zero-order valence-corrected chi connectivity index (χ0v) is 16.1. The van der Waals surface area contributed by atoms with Crippen molar-refractivity contribution >= 4 is 27.7 Å². The summed E-state index contributed by atoms with van der Waals surface area (Å²) in [6.45, 7) is 4.21. The van der Waals surface area contributed by atoms with Crippen molar-refractivity contribution in [2.45, 2.75) is 26.5 Å². The molecule has 0 saturated carbocycles. The molecular weight excluding hydrogens is 396 g/mol. The minimum absolute atomic E-state index is 0.0824. The number of benzene rings is 1. The maximum Gasteiger partial charge on any atom is 0.259 e. The lowest BCUT2D eigenvalue weighted by molar-refractivity contribution is 0.0982. The molecule has 1 aromatic carbocycles. The van der Waals surface area contributed by atoms with E-state index in [4.69, 9.17) is 9.15 Å². The highest BCUT2D eigenvalue weighted by Gasteiger charge is 2.20. The normalized spacial score (nSPS) is 10.8. The Hall–Kier alpha value is -2.60. The molecule has 0 aliphatic heterocycles. The number of hydrogen-bond donors (Lipinski definition) is 0. The van der Waals surface area contributed by atoms with Gasteiger partial charge in [-0.3, -0.25) is 9.69 Å². The van der Waals surface area contributed by atoms with Gasteiger partial charge in [0.2, 0.25) is 0 Å². The van der Waals surface area contributed by atoms with Gasteiger partial charge in [0.15, 0.2) is 4.67 Å². The van der Waals surface area contributed by atoms with Crippen LogP contribution in [0.1, 0.15) is 30.0 Å². The largest absolute Gasteiger partial charge is 0.491 e. The number of ether oxygens (including phenoxy) is 1. The molecule has 2 aromatic heterocycles. The fourth-order valence-electron chi connectivity index (χ4n) is 2.47. The maximum absolute atomic E-state index is 13.1. The molecule has 0 aliphatic carbocycles. The molecule has 0 saturated heterocycles. The molecule has 5 nitrogen and oxygen atoms in total. The van der Waals surface area contributed by atoms with E-state index in [9.17, 15) is 4.79 Å². The number of amides is 1. The summed E-state index contributed by atoms with van der Waals surface area (Å²) in [6, 6.07) is 16.2. The average molecular weight is 415 g/mol. The molecule has 0 bridgehead atoms. The summed E-state index contributed by atoms with van der Waals surface area (Å²) >= 11 is 3.29. The van der Waals surface area contributed by atoms with E-state index in [1.807, 2.05) is 32.0 Å². The molecule has 0 unspecified atom stereocenters. The van der Waals surface area contributed by atoms with Gasteiger partial charge in [0.25, 0.3) is 5.91 Å². The quantitative estimate of drug-likeness (QED) is 0.564. The van der Waals surface area contributed by atoms with Crippen LogP contribution < -0.4 is 9.64 Å². The number of nitrogens with zero attached hydrogens (tertiary/aromatic N) is 2. The van der Waals surface area contributed by atoms with E-state index in [-0.39, 0.29) is 18.6 Å². The minimum Gasteiger partial charge on any atom is -0.491 e. The summed E-state index contributed by atoms with van der Waals surface area (Å²) < 4.78 is 11.8. The van der Waals surface area contributed by atoms with Gasteiger partial charge >= 0.3 is 0 Å². The van der Waals surface area contributed by atoms with Gasteiger partial charge in [0.1, 0.15) is 17.3 Å². The summed E-state index contributed by atoms with van der Waals surface area (Å²) in [5, 5.41) is 0. The van der Waals surface area contributed by atoms with Crippen LogP contribution in [0.3, 0.4) is 0 Å². The number of pyridine rings is 1. The number of anilines is 1. The highest BCUT2D eigenvalue weighted by molar-refractivity contribution is 9.10. The van der Waals surface area contributed by atoms with E-state index in [1.165, 1.54) is 0 Å². The van der Waals surface area contributed by atoms with E-state index in [2.05, 4.69) is 20.9 Å². The van der Waals surface area contributed by atoms with E-state index in [0.29, 0.717) is 21.8 Å². The van der Waals surface area contributed by atoms with Crippen LogP contribution >= 0.6 is 15.9 Å². The number of hydrogen-bond acceptors (Lipinski definition) is 4. The molecule has 0 radical (unpaired) electrons. The fourth-order valence-corrected chi connectivity index (χ4v) is 2.81. The monoisotopic (exact) mass is 414 g/mol. The lowest BCUT2D eigenvalue weighted by Gasteiger charge is -2.21. The third-order valence-electron chi connectivity index (χ3n) is 3.59. The molecule has 3 rings (SSSR count). The summed E-state index contributed by atoms with van der Waals surface area (Å²) in [5.74, 6) is 1.80. The van der Waals surface area contributed by atoms with Crippen LogP contribution in [-0.4, -0.2) is 17.0 Å². The Morgan fingerprint density at radius 1 is 1.15 bits per heavy atom. The molecule has 0 atom stereocenters. The van der Waals surface area contributed by atoms with Gasteiger partial charge in [-0.25, -0.2) is 4.98 Å². The number of carbonyl (C=O) groups excluding carboxylic acids is 1. The molecule has 1 amide bonds. The predicted molar refractivity (Wildman–Crippen MR) is 103 cm³/mol. The number of carbonyl (C=O) groups is 1. The van der Waals surface area contributed by atoms with E-state index in [1.54, 1.807) is 47.5 Å². The van der Waals surface area contributed by atoms with Crippen molar-refractivity contribution in [3.8, 4) is 5.75 Å². The van der Waals surface area contributed by atoms with E-state index < -0.39 is 0 Å². The van der Waals surface area contributed by atoms with Crippen LogP contribution in [0.4, 0.5) is 5.82 Å². The molecule has 0 N–H and O–H groups in total. The molecule has 26 heavy (non-hydrogen) atoms. The Morgan fingerprint density at radius 2 is 1.92 bits per heavy atom. The second kappa shape index (κ2) is 8.19. The molecule has 134 valence electrons. The van der Waals surface area contributed by atoms with Gasteiger partial charge in [-0.2, -0.15) is 0 Å². The van der Waals surface area contributed by atoms with Crippen LogP contribution in [0.25, 0.3) is 0 Å². The molecule has 3 aromatic rings. The van der Waals surface area contributed by atoms with Crippen LogP contribution in [0.15, 0.2) is 69.9 Å². The fraction of sp³-hybridized carbons (Fsp3) is 0.200. The van der Waals surface area contributed by atoms with Crippen molar-refractivity contribution in [3.05, 3.63) is 76.8 Å². The van der Waals surface area contributed by atoms with Gasteiger partial charge in [0, 0.05) is 11.8 Å². The van der Waals surface area contributed by atoms with E-state index >= 15 is 0 Å². The SMILES string of the molecule is CC(C)Oc1ccc(C(=O)N(Cc2ccc(Br)o2)c2ccccn2)cc1. The number of halogens is 1. The first-order valence-corrected chi connectivity index (χ1v) is 9.06. The zero-order valence-electron chi connectivity index (χ0n) is 14.6. The van der Waals surface area contributed by atoms with Gasteiger partial charge in [-0.1, -0.05) is 6.07 Å². The first-order chi connectivity index (χ1) is 12.5. The first kappa shape index (κ1) is 18.2. The van der Waals surface area contributed by atoms with Gasteiger partial charge in [-0.15, -0.1) is 0 Å². The van der Waals surface area contributed by atoms with Crippen LogP contribution in [0.2, 0.25) is 0 Å². The smallest absolute Gasteiger partial charge is 0.259 e. The highest BCUT2D eigenvalue weighted by Crippen LogP contribution is 2.22. The van der Waals surface area contributed by atoms with Gasteiger partial charge in [0.05, 0.1) is 12.6 Å². The average Bonchev–Trinajstić information content (AvgIpc) is 3.05. The van der Waals surface area contributed by atoms with Gasteiger partial charge in [-0.05, 0) is 78.3 Å². The zero-order chi connectivity index (χ0) is 18.5. The Kier molecular flexibility index (Phi) is 5.73. The Bertz CT molecular complexity index is 860. The van der Waals surface area contributed by atoms with Crippen LogP contribution in [0.5, 0.6) is 5.75 Å². The number of aromatic nitrogens is 1. The van der Waals surface area contributed by atoms with Crippen molar-refractivity contribution in [2.75, 3.05) is 4.90 Å². The highest BCUT2D eigenvalue weighted by atomic mass is 79.9. The van der Waals surface area contributed by atoms with Crippen LogP contribution in [0, 0.1) is 0 Å². The van der Waals surface area contributed by atoms with E-state index in [0.717, 1.165) is 5.75 Å². The lowest BCUT2D eigenvalue weighted by atomic mass is 10.2. The molecule has 0 spiro atoms. The third kappa shape index (κ3) is 4.52. The lowest BCUT2D eigenvalue weighted by Crippen LogP contribution is -2.31. The summed E-state index contributed by atoms with van der Waals surface area (Å²) in [4.78, 5) is 19.0. The third-order valence-corrected chi connectivity index (χ3v) is 4.01. The molecule has 0 fully saturated rings. The van der Waals surface area contributed by atoms with Gasteiger partial charge < -0.3 is 9.15 Å². The molecule has 2 heterocycles. The van der Waals surface area contributed by atoms with Crippen molar-refractivity contribution in [1.82, 2.24) is 4.98 Å². The summed E-state index contributed by atoms with van der Waals surface area (Å²) in [5.41, 5.74) is 0.553. The Morgan fingerprint density at radius 3 is 2.50 bits per heavy atom.